The minimum Gasteiger partial charge on any atom is -0.390 e. The lowest BCUT2D eigenvalue weighted by molar-refractivity contribution is -0.129. The zero-order valence-corrected chi connectivity index (χ0v) is 11.0. The normalized spacial score (nSPS) is 17.9. The van der Waals surface area contributed by atoms with E-state index in [4.69, 9.17) is 0 Å². The highest BCUT2D eigenvalue weighted by atomic mass is 16.3. The molecule has 0 aromatic rings. The molecule has 1 N–H and O–H groups in total. The number of likely N-dealkylation sites (N-methyl/N-ethyl adjacent to an activating group) is 1. The number of rotatable bonds is 7. The quantitative estimate of drug-likeness (QED) is 0.672. The first-order chi connectivity index (χ1) is 8.02. The van der Waals surface area contributed by atoms with Crippen LogP contribution >= 0.6 is 0 Å². The highest BCUT2D eigenvalue weighted by Crippen LogP contribution is 2.10. The average molecular weight is 240 g/mol. The van der Waals surface area contributed by atoms with Crippen LogP contribution in [-0.4, -0.2) is 59.6 Å². The molecular formula is C13H24N2O2. The largest absolute Gasteiger partial charge is 0.390 e. The van der Waals surface area contributed by atoms with E-state index in [0.717, 1.165) is 31.6 Å². The summed E-state index contributed by atoms with van der Waals surface area (Å²) in [7, 11) is 0. The molecule has 0 aromatic carbocycles. The summed E-state index contributed by atoms with van der Waals surface area (Å²) >= 11 is 0. The smallest absolute Gasteiger partial charge is 0.222 e. The minimum absolute atomic E-state index is 0.173. The Hall–Kier alpha value is -0.870. The van der Waals surface area contributed by atoms with Gasteiger partial charge in [-0.25, -0.2) is 0 Å². The predicted molar refractivity (Wildman–Crippen MR) is 68.7 cm³/mol. The molecule has 1 atom stereocenters. The maximum atomic E-state index is 11.4. The summed E-state index contributed by atoms with van der Waals surface area (Å²) in [6.45, 7) is 11.5. The van der Waals surface area contributed by atoms with Crippen LogP contribution in [0, 0.1) is 0 Å². The highest BCUT2D eigenvalue weighted by molar-refractivity contribution is 5.78. The fourth-order valence-corrected chi connectivity index (χ4v) is 2.19. The van der Waals surface area contributed by atoms with E-state index >= 15 is 0 Å². The van der Waals surface area contributed by atoms with Gasteiger partial charge in [0.15, 0.2) is 0 Å². The summed E-state index contributed by atoms with van der Waals surface area (Å²) in [5.74, 6) is 0.173. The molecule has 1 unspecified atom stereocenters. The van der Waals surface area contributed by atoms with Gasteiger partial charge in [0.05, 0.1) is 6.10 Å². The van der Waals surface area contributed by atoms with E-state index in [1.807, 2.05) is 6.92 Å². The van der Waals surface area contributed by atoms with Crippen LogP contribution < -0.4 is 0 Å². The number of carbonyl (C=O) groups is 1. The van der Waals surface area contributed by atoms with E-state index < -0.39 is 6.10 Å². The molecule has 1 heterocycles. The second kappa shape index (κ2) is 6.77. The van der Waals surface area contributed by atoms with E-state index in [1.165, 1.54) is 0 Å². The van der Waals surface area contributed by atoms with Crippen molar-refractivity contribution in [3.63, 3.8) is 0 Å². The summed E-state index contributed by atoms with van der Waals surface area (Å²) in [5.41, 5.74) is 1.09. The van der Waals surface area contributed by atoms with E-state index in [1.54, 1.807) is 4.90 Å². The fourth-order valence-electron chi connectivity index (χ4n) is 2.19. The Morgan fingerprint density at radius 3 is 2.82 bits per heavy atom. The Balaban J connectivity index is 2.33. The first-order valence-electron chi connectivity index (χ1n) is 6.35. The highest BCUT2D eigenvalue weighted by Gasteiger charge is 2.23. The molecule has 0 aliphatic carbocycles. The number of hydrogen-bond donors (Lipinski definition) is 1. The number of aliphatic hydroxyl groups is 1. The summed E-state index contributed by atoms with van der Waals surface area (Å²) < 4.78 is 0. The van der Waals surface area contributed by atoms with Gasteiger partial charge in [0.2, 0.25) is 5.91 Å². The summed E-state index contributed by atoms with van der Waals surface area (Å²) in [6, 6.07) is 0. The van der Waals surface area contributed by atoms with Crippen molar-refractivity contribution in [2.24, 2.45) is 0 Å². The molecule has 1 aliphatic rings. The lowest BCUT2D eigenvalue weighted by Gasteiger charge is -2.26. The van der Waals surface area contributed by atoms with Crippen LogP contribution in [0.2, 0.25) is 0 Å². The average Bonchev–Trinajstić information content (AvgIpc) is 2.62. The van der Waals surface area contributed by atoms with Gasteiger partial charge >= 0.3 is 0 Å². The van der Waals surface area contributed by atoms with Crippen molar-refractivity contribution in [1.29, 1.82) is 0 Å². The van der Waals surface area contributed by atoms with Gasteiger partial charge in [-0.1, -0.05) is 19.1 Å². The van der Waals surface area contributed by atoms with Crippen LogP contribution in [0.5, 0.6) is 0 Å². The van der Waals surface area contributed by atoms with Crippen molar-refractivity contribution in [2.45, 2.75) is 32.8 Å². The second-order valence-electron chi connectivity index (χ2n) is 4.88. The van der Waals surface area contributed by atoms with Gasteiger partial charge in [-0.3, -0.25) is 9.69 Å². The molecule has 0 radical (unpaired) electrons. The first-order valence-corrected chi connectivity index (χ1v) is 6.35. The van der Waals surface area contributed by atoms with Gasteiger partial charge in [0.1, 0.15) is 0 Å². The van der Waals surface area contributed by atoms with E-state index in [9.17, 15) is 9.90 Å². The Bertz CT molecular complexity index is 279. The van der Waals surface area contributed by atoms with E-state index in [-0.39, 0.29) is 5.91 Å². The van der Waals surface area contributed by atoms with Gasteiger partial charge in [0.25, 0.3) is 0 Å². The zero-order valence-electron chi connectivity index (χ0n) is 11.0. The molecule has 4 heteroatoms. The number of likely N-dealkylation sites (tertiary alicyclic amines) is 1. The third-order valence-electron chi connectivity index (χ3n) is 3.01. The van der Waals surface area contributed by atoms with Gasteiger partial charge in [-0.05, 0) is 19.9 Å². The number of carbonyl (C=O) groups excluding carboxylic acids is 1. The van der Waals surface area contributed by atoms with Crippen molar-refractivity contribution in [3.8, 4) is 0 Å². The lowest BCUT2D eigenvalue weighted by Crippen LogP contribution is -2.41. The van der Waals surface area contributed by atoms with Crippen LogP contribution in [0.25, 0.3) is 0 Å². The van der Waals surface area contributed by atoms with Gasteiger partial charge in [-0.2, -0.15) is 0 Å². The van der Waals surface area contributed by atoms with Crippen molar-refractivity contribution >= 4 is 5.91 Å². The van der Waals surface area contributed by atoms with Gasteiger partial charge in [0, 0.05) is 32.6 Å². The van der Waals surface area contributed by atoms with Crippen LogP contribution in [0.1, 0.15) is 26.7 Å². The van der Waals surface area contributed by atoms with Crippen molar-refractivity contribution in [1.82, 2.24) is 9.80 Å². The monoisotopic (exact) mass is 240 g/mol. The van der Waals surface area contributed by atoms with Crippen LogP contribution in [-0.2, 0) is 4.79 Å². The third-order valence-corrected chi connectivity index (χ3v) is 3.01. The molecule has 1 rings (SSSR count). The number of hydrogen-bond acceptors (Lipinski definition) is 3. The first kappa shape index (κ1) is 14.2. The third kappa shape index (κ3) is 4.88. The molecule has 0 bridgehead atoms. The Morgan fingerprint density at radius 2 is 2.35 bits per heavy atom. The molecule has 1 amide bonds. The number of nitrogens with zero attached hydrogens (tertiary/aromatic N) is 2. The van der Waals surface area contributed by atoms with Crippen LogP contribution in [0.3, 0.4) is 0 Å². The molecule has 98 valence electrons. The molecule has 4 nitrogen and oxygen atoms in total. The Labute approximate surface area is 104 Å². The number of aliphatic hydroxyl groups excluding tert-OH is 1. The fraction of sp³-hybridized carbons (Fsp3) is 0.769. The van der Waals surface area contributed by atoms with Crippen molar-refractivity contribution in [2.75, 3.05) is 32.7 Å². The molecule has 0 aromatic heterocycles. The molecule has 0 saturated carbocycles. The standard InChI is InChI=1S/C13H24N2O2/c1-4-14(8-11(2)3)9-12(16)10-15-7-5-6-13(15)17/h12,16H,2,4-10H2,1,3H3. The zero-order chi connectivity index (χ0) is 12.8. The Morgan fingerprint density at radius 1 is 1.65 bits per heavy atom. The van der Waals surface area contributed by atoms with Crippen LogP contribution in [0.4, 0.5) is 0 Å². The number of β-amino-alcohol motifs (C(OH)–C–C–N with tert-alkyl or cyclic N) is 1. The maximum absolute atomic E-state index is 11.4. The second-order valence-corrected chi connectivity index (χ2v) is 4.88. The molecule has 1 fully saturated rings. The topological polar surface area (TPSA) is 43.8 Å². The van der Waals surface area contributed by atoms with E-state index in [0.29, 0.717) is 19.5 Å². The number of amides is 1. The van der Waals surface area contributed by atoms with Gasteiger partial charge < -0.3 is 10.0 Å². The molecule has 1 aliphatic heterocycles. The summed E-state index contributed by atoms with van der Waals surface area (Å²) in [6.07, 6.45) is 1.10. The molecular weight excluding hydrogens is 216 g/mol. The van der Waals surface area contributed by atoms with Crippen molar-refractivity contribution in [3.05, 3.63) is 12.2 Å². The van der Waals surface area contributed by atoms with Crippen molar-refractivity contribution < 1.29 is 9.90 Å². The minimum atomic E-state index is -0.462. The summed E-state index contributed by atoms with van der Waals surface area (Å²) in [5, 5.41) is 9.98. The van der Waals surface area contributed by atoms with Crippen LogP contribution in [0.15, 0.2) is 12.2 Å². The lowest BCUT2D eigenvalue weighted by atomic mass is 10.2. The SMILES string of the molecule is C=C(C)CN(CC)CC(O)CN1CCCC1=O. The molecule has 1 saturated heterocycles. The maximum Gasteiger partial charge on any atom is 0.222 e. The Kier molecular flexibility index (Phi) is 5.65. The molecule has 0 spiro atoms. The van der Waals surface area contributed by atoms with E-state index in [2.05, 4.69) is 18.4 Å². The van der Waals surface area contributed by atoms with Gasteiger partial charge in [-0.15, -0.1) is 0 Å². The molecule has 17 heavy (non-hydrogen) atoms. The summed E-state index contributed by atoms with van der Waals surface area (Å²) in [4.78, 5) is 15.3. The predicted octanol–water partition coefficient (Wildman–Crippen LogP) is 0.868.